The monoisotopic (exact) mass is 473 g/mol. The summed E-state index contributed by atoms with van der Waals surface area (Å²) in [5.74, 6) is 1.35. The number of benzene rings is 3. The number of amides is 2. The Kier molecular flexibility index (Phi) is 8.63. The van der Waals surface area contributed by atoms with Crippen LogP contribution in [0.1, 0.15) is 29.5 Å². The van der Waals surface area contributed by atoms with Gasteiger partial charge in [0, 0.05) is 25.3 Å². The van der Waals surface area contributed by atoms with Crippen molar-refractivity contribution in [3.8, 4) is 11.5 Å². The second-order valence-electron chi connectivity index (χ2n) is 9.03. The maximum absolute atomic E-state index is 13.3. The van der Waals surface area contributed by atoms with E-state index in [1.54, 1.807) is 7.11 Å². The van der Waals surface area contributed by atoms with Gasteiger partial charge in [-0.2, -0.15) is 0 Å². The minimum Gasteiger partial charge on any atom is -0.493 e. The molecule has 6 heteroatoms. The van der Waals surface area contributed by atoms with Crippen LogP contribution in [0.3, 0.4) is 0 Å². The SMILES string of the molecule is COc1ccc(CN(CCN2CCCC2)C(=O)Nc2ccc(C)cc2)cc1OCc1ccccc1. The molecular formula is C29H35N3O3. The summed E-state index contributed by atoms with van der Waals surface area (Å²) in [6, 6.07) is 23.7. The molecule has 0 spiro atoms. The second-order valence-corrected chi connectivity index (χ2v) is 9.03. The Morgan fingerprint density at radius 1 is 0.943 bits per heavy atom. The van der Waals surface area contributed by atoms with Crippen LogP contribution in [-0.4, -0.2) is 49.1 Å². The van der Waals surface area contributed by atoms with Gasteiger partial charge in [0.15, 0.2) is 11.5 Å². The minimum atomic E-state index is -0.101. The van der Waals surface area contributed by atoms with E-state index in [1.165, 1.54) is 12.8 Å². The van der Waals surface area contributed by atoms with Crippen molar-refractivity contribution in [2.45, 2.75) is 32.9 Å². The lowest BCUT2D eigenvalue weighted by Crippen LogP contribution is -2.40. The van der Waals surface area contributed by atoms with E-state index in [1.807, 2.05) is 84.6 Å². The molecule has 1 aliphatic heterocycles. The number of nitrogens with one attached hydrogen (secondary N) is 1. The van der Waals surface area contributed by atoms with Crippen LogP contribution in [0.25, 0.3) is 0 Å². The van der Waals surface area contributed by atoms with Gasteiger partial charge in [-0.25, -0.2) is 4.79 Å². The maximum Gasteiger partial charge on any atom is 0.322 e. The average Bonchev–Trinajstić information content (AvgIpc) is 3.41. The highest BCUT2D eigenvalue weighted by Gasteiger charge is 2.19. The number of rotatable bonds is 10. The van der Waals surface area contributed by atoms with Crippen LogP contribution >= 0.6 is 0 Å². The van der Waals surface area contributed by atoms with Gasteiger partial charge in [-0.3, -0.25) is 0 Å². The first-order valence-electron chi connectivity index (χ1n) is 12.3. The summed E-state index contributed by atoms with van der Waals surface area (Å²) in [7, 11) is 1.64. The van der Waals surface area contributed by atoms with Gasteiger partial charge in [-0.1, -0.05) is 54.1 Å². The van der Waals surface area contributed by atoms with Gasteiger partial charge in [-0.05, 0) is 68.2 Å². The van der Waals surface area contributed by atoms with Crippen LogP contribution in [0.5, 0.6) is 11.5 Å². The molecule has 3 aromatic carbocycles. The first kappa shape index (κ1) is 24.6. The molecule has 0 aromatic heterocycles. The standard InChI is InChI=1S/C29H35N3O3/c1-23-10-13-26(14-11-23)30-29(33)32(19-18-31-16-6-7-17-31)21-25-12-15-27(34-2)28(20-25)35-22-24-8-4-3-5-9-24/h3-5,8-15,20H,6-7,16-19,21-22H2,1-2H3,(H,30,33). The number of hydrogen-bond donors (Lipinski definition) is 1. The fourth-order valence-electron chi connectivity index (χ4n) is 4.25. The predicted octanol–water partition coefficient (Wildman–Crippen LogP) is 5.71. The Morgan fingerprint density at radius 2 is 1.69 bits per heavy atom. The summed E-state index contributed by atoms with van der Waals surface area (Å²) in [5, 5.41) is 3.06. The number of aryl methyl sites for hydroxylation is 1. The Hall–Kier alpha value is -3.51. The molecule has 1 aliphatic rings. The highest BCUT2D eigenvalue weighted by Crippen LogP contribution is 2.29. The molecule has 0 aliphatic carbocycles. The number of carbonyl (C=O) groups excluding carboxylic acids is 1. The number of nitrogens with zero attached hydrogens (tertiary/aromatic N) is 2. The molecular weight excluding hydrogens is 438 g/mol. The van der Waals surface area contributed by atoms with Crippen LogP contribution in [0.15, 0.2) is 72.8 Å². The van der Waals surface area contributed by atoms with Gasteiger partial charge in [0.05, 0.1) is 7.11 Å². The van der Waals surface area contributed by atoms with Gasteiger partial charge in [0.25, 0.3) is 0 Å². The lowest BCUT2D eigenvalue weighted by molar-refractivity contribution is 0.197. The van der Waals surface area contributed by atoms with Crippen molar-refractivity contribution in [2.75, 3.05) is 38.6 Å². The summed E-state index contributed by atoms with van der Waals surface area (Å²) in [4.78, 5) is 17.6. The third-order valence-corrected chi connectivity index (χ3v) is 6.31. The van der Waals surface area contributed by atoms with Crippen LogP contribution in [0, 0.1) is 6.92 Å². The van der Waals surface area contributed by atoms with E-state index in [2.05, 4.69) is 10.2 Å². The summed E-state index contributed by atoms with van der Waals surface area (Å²) in [6.07, 6.45) is 2.46. The molecule has 4 rings (SSSR count). The third kappa shape index (κ3) is 7.23. The van der Waals surface area contributed by atoms with Crippen molar-refractivity contribution < 1.29 is 14.3 Å². The first-order chi connectivity index (χ1) is 17.1. The van der Waals surface area contributed by atoms with E-state index in [-0.39, 0.29) is 6.03 Å². The van der Waals surface area contributed by atoms with Crippen molar-refractivity contribution in [1.29, 1.82) is 0 Å². The summed E-state index contributed by atoms with van der Waals surface area (Å²) >= 11 is 0. The largest absolute Gasteiger partial charge is 0.493 e. The molecule has 2 amide bonds. The first-order valence-corrected chi connectivity index (χ1v) is 12.3. The van der Waals surface area contributed by atoms with Crippen molar-refractivity contribution in [2.24, 2.45) is 0 Å². The molecule has 0 unspecified atom stereocenters. The molecule has 3 aromatic rings. The van der Waals surface area contributed by atoms with Gasteiger partial charge in [-0.15, -0.1) is 0 Å². The summed E-state index contributed by atoms with van der Waals surface area (Å²) < 4.78 is 11.6. The quantitative estimate of drug-likeness (QED) is 0.410. The molecule has 1 heterocycles. The lowest BCUT2D eigenvalue weighted by atomic mass is 10.2. The van der Waals surface area contributed by atoms with Crippen molar-refractivity contribution >= 4 is 11.7 Å². The number of urea groups is 1. The summed E-state index contributed by atoms with van der Waals surface area (Å²) in [6.45, 7) is 6.71. The number of hydrogen-bond acceptors (Lipinski definition) is 4. The normalized spacial score (nSPS) is 13.4. The van der Waals surface area contributed by atoms with Crippen molar-refractivity contribution in [3.63, 3.8) is 0 Å². The number of carbonyl (C=O) groups is 1. The van der Waals surface area contributed by atoms with Crippen LogP contribution in [-0.2, 0) is 13.2 Å². The molecule has 1 saturated heterocycles. The molecule has 0 saturated carbocycles. The molecule has 0 radical (unpaired) electrons. The van der Waals surface area contributed by atoms with Crippen molar-refractivity contribution in [1.82, 2.24) is 9.80 Å². The molecule has 1 N–H and O–H groups in total. The smallest absolute Gasteiger partial charge is 0.322 e. The van der Waals surface area contributed by atoms with Crippen LogP contribution in [0.2, 0.25) is 0 Å². The fraction of sp³-hybridized carbons (Fsp3) is 0.345. The van der Waals surface area contributed by atoms with Gasteiger partial charge in [0.1, 0.15) is 6.61 Å². The Morgan fingerprint density at radius 3 is 2.40 bits per heavy atom. The zero-order valence-corrected chi connectivity index (χ0v) is 20.7. The van der Waals surface area contributed by atoms with E-state index in [4.69, 9.17) is 9.47 Å². The topological polar surface area (TPSA) is 54.0 Å². The highest BCUT2D eigenvalue weighted by molar-refractivity contribution is 5.89. The minimum absolute atomic E-state index is 0.101. The lowest BCUT2D eigenvalue weighted by Gasteiger charge is -2.26. The van der Waals surface area contributed by atoms with Gasteiger partial charge >= 0.3 is 6.03 Å². The molecule has 184 valence electrons. The van der Waals surface area contributed by atoms with E-state index in [9.17, 15) is 4.79 Å². The molecule has 0 atom stereocenters. The predicted molar refractivity (Wildman–Crippen MR) is 140 cm³/mol. The van der Waals surface area contributed by atoms with Gasteiger partial charge in [0.2, 0.25) is 0 Å². The number of ether oxygens (including phenoxy) is 2. The Labute approximate surface area is 208 Å². The zero-order chi connectivity index (χ0) is 24.5. The van der Waals surface area contributed by atoms with E-state index in [0.717, 1.165) is 42.0 Å². The molecule has 1 fully saturated rings. The third-order valence-electron chi connectivity index (χ3n) is 6.31. The van der Waals surface area contributed by atoms with Crippen molar-refractivity contribution in [3.05, 3.63) is 89.5 Å². The molecule has 0 bridgehead atoms. The highest BCUT2D eigenvalue weighted by atomic mass is 16.5. The Bertz CT molecular complexity index is 1080. The Balaban J connectivity index is 1.47. The number of methoxy groups -OCH3 is 1. The van der Waals surface area contributed by atoms with E-state index in [0.29, 0.717) is 31.2 Å². The second kappa shape index (κ2) is 12.3. The molecule has 6 nitrogen and oxygen atoms in total. The molecule has 35 heavy (non-hydrogen) atoms. The van der Waals surface area contributed by atoms with Crippen LogP contribution < -0.4 is 14.8 Å². The maximum atomic E-state index is 13.3. The number of anilines is 1. The zero-order valence-electron chi connectivity index (χ0n) is 20.7. The van der Waals surface area contributed by atoms with Gasteiger partial charge < -0.3 is 24.6 Å². The number of likely N-dealkylation sites (tertiary alicyclic amines) is 1. The van der Waals surface area contributed by atoms with Crippen LogP contribution in [0.4, 0.5) is 10.5 Å². The average molecular weight is 474 g/mol. The van der Waals surface area contributed by atoms with E-state index >= 15 is 0 Å². The summed E-state index contributed by atoms with van der Waals surface area (Å²) in [5.41, 5.74) is 4.04. The van der Waals surface area contributed by atoms with E-state index < -0.39 is 0 Å². The fourth-order valence-corrected chi connectivity index (χ4v) is 4.25.